The lowest BCUT2D eigenvalue weighted by Crippen LogP contribution is -2.42. The molecule has 0 bridgehead atoms. The average Bonchev–Trinajstić information content (AvgIpc) is 3.27. The minimum absolute atomic E-state index is 0.0215. The molecule has 0 radical (unpaired) electrons. The van der Waals surface area contributed by atoms with Crippen LogP contribution in [0.4, 0.5) is 11.4 Å². The molecule has 7 heteroatoms. The first-order chi connectivity index (χ1) is 18.7. The topological polar surface area (TPSA) is 60.5 Å². The second-order valence-electron chi connectivity index (χ2n) is 10.9. The minimum Gasteiger partial charge on any atom is -0.366 e. The van der Waals surface area contributed by atoms with E-state index in [-0.39, 0.29) is 23.5 Å². The van der Waals surface area contributed by atoms with Crippen LogP contribution in [0.1, 0.15) is 68.6 Å². The first kappa shape index (κ1) is 26.9. The van der Waals surface area contributed by atoms with Gasteiger partial charge >= 0.3 is 0 Å². The van der Waals surface area contributed by atoms with Crippen molar-refractivity contribution in [2.75, 3.05) is 23.8 Å². The zero-order valence-corrected chi connectivity index (χ0v) is 24.2. The SMILES string of the molecule is CCc1ccccc1NC(=O)CCN1C(=S)N[C@H](c2ccccn2)[C@@H]1c1ccc2c(c1)C(C)=CC(C)(C)N2C. The van der Waals surface area contributed by atoms with Gasteiger partial charge in [0.1, 0.15) is 0 Å². The molecule has 2 N–H and O–H groups in total. The number of allylic oxidation sites excluding steroid dienone is 1. The Morgan fingerprint density at radius 3 is 2.64 bits per heavy atom. The predicted octanol–water partition coefficient (Wildman–Crippen LogP) is 6.28. The normalized spacial score (nSPS) is 19.8. The Bertz CT molecular complexity index is 1420. The first-order valence-electron chi connectivity index (χ1n) is 13.6. The van der Waals surface area contributed by atoms with Gasteiger partial charge in [0.2, 0.25) is 5.91 Å². The van der Waals surface area contributed by atoms with Crippen LogP contribution in [0.5, 0.6) is 0 Å². The number of aromatic nitrogens is 1. The minimum atomic E-state index is -0.123. The summed E-state index contributed by atoms with van der Waals surface area (Å²) in [5, 5.41) is 7.25. The molecule has 3 heterocycles. The summed E-state index contributed by atoms with van der Waals surface area (Å²) < 4.78 is 0. The van der Waals surface area contributed by atoms with E-state index in [0.717, 1.165) is 28.9 Å². The van der Waals surface area contributed by atoms with Crippen molar-refractivity contribution in [2.45, 2.75) is 58.2 Å². The number of fused-ring (bicyclic) bond motifs is 1. The standard InChI is InChI=1S/C32H37N5OS/c1-6-22-11-7-8-12-25(22)34-28(38)16-18-37-30(29(35-31(37)39)26-13-9-10-17-33-26)23-14-15-27-24(19-23)21(2)20-32(3,4)36(27)5/h7-15,17,19-20,29-30H,6,16,18H2,1-5H3,(H,34,38)(H,35,39)/t29-,30+/m1/s1. The van der Waals surface area contributed by atoms with Crippen LogP contribution >= 0.6 is 12.2 Å². The molecule has 6 nitrogen and oxygen atoms in total. The molecular weight excluding hydrogens is 502 g/mol. The van der Waals surface area contributed by atoms with Gasteiger partial charge in [0.05, 0.1) is 23.3 Å². The van der Waals surface area contributed by atoms with Gasteiger partial charge in [-0.25, -0.2) is 0 Å². The van der Waals surface area contributed by atoms with Crippen LogP contribution in [-0.4, -0.2) is 40.0 Å². The van der Waals surface area contributed by atoms with Gasteiger partial charge in [0.25, 0.3) is 0 Å². The van der Waals surface area contributed by atoms with Crippen molar-refractivity contribution < 1.29 is 4.79 Å². The molecule has 5 rings (SSSR count). The average molecular weight is 540 g/mol. The summed E-state index contributed by atoms with van der Waals surface area (Å²) in [4.78, 5) is 22.2. The number of pyridine rings is 1. The Morgan fingerprint density at radius 2 is 1.90 bits per heavy atom. The highest BCUT2D eigenvalue weighted by molar-refractivity contribution is 7.80. The van der Waals surface area contributed by atoms with Crippen molar-refractivity contribution in [2.24, 2.45) is 0 Å². The number of carbonyl (C=O) groups is 1. The fraction of sp³-hybridized carbons (Fsp3) is 0.344. The molecule has 2 aliphatic rings. The van der Waals surface area contributed by atoms with E-state index in [9.17, 15) is 4.79 Å². The van der Waals surface area contributed by atoms with E-state index in [1.807, 2.05) is 48.7 Å². The van der Waals surface area contributed by atoms with Crippen LogP contribution in [-0.2, 0) is 11.2 Å². The molecule has 0 aliphatic carbocycles. The number of hydrogen-bond donors (Lipinski definition) is 2. The maximum atomic E-state index is 13.0. The van der Waals surface area contributed by atoms with Crippen molar-refractivity contribution >= 4 is 40.2 Å². The summed E-state index contributed by atoms with van der Waals surface area (Å²) in [5.74, 6) is -0.0215. The lowest BCUT2D eigenvalue weighted by atomic mass is 9.86. The Morgan fingerprint density at radius 1 is 1.13 bits per heavy atom. The van der Waals surface area contributed by atoms with Crippen LogP contribution < -0.4 is 15.5 Å². The second-order valence-corrected chi connectivity index (χ2v) is 11.3. The first-order valence-corrected chi connectivity index (χ1v) is 14.0. The van der Waals surface area contributed by atoms with Crippen molar-refractivity contribution in [3.05, 3.63) is 95.3 Å². The second kappa shape index (κ2) is 10.8. The van der Waals surface area contributed by atoms with E-state index in [1.54, 1.807) is 0 Å². The predicted molar refractivity (Wildman–Crippen MR) is 164 cm³/mol. The van der Waals surface area contributed by atoms with E-state index >= 15 is 0 Å². The van der Waals surface area contributed by atoms with Crippen LogP contribution in [0, 0.1) is 0 Å². The van der Waals surface area contributed by atoms with Crippen LogP contribution in [0.25, 0.3) is 5.57 Å². The molecule has 1 saturated heterocycles. The lowest BCUT2D eigenvalue weighted by Gasteiger charge is -2.41. The molecule has 0 unspecified atom stereocenters. The molecule has 0 spiro atoms. The number of rotatable bonds is 7. The van der Waals surface area contributed by atoms with Crippen molar-refractivity contribution in [3.8, 4) is 0 Å². The van der Waals surface area contributed by atoms with Gasteiger partial charge in [-0.2, -0.15) is 0 Å². The Balaban J connectivity index is 1.45. The molecule has 1 aromatic heterocycles. The number of thiocarbonyl (C=S) groups is 1. The Labute approximate surface area is 237 Å². The summed E-state index contributed by atoms with van der Waals surface area (Å²) in [6, 6.07) is 20.4. The van der Waals surface area contributed by atoms with Gasteiger partial charge in [-0.3, -0.25) is 9.78 Å². The Kier molecular flexibility index (Phi) is 7.45. The maximum absolute atomic E-state index is 13.0. The number of carbonyl (C=O) groups excluding carboxylic acids is 1. The highest BCUT2D eigenvalue weighted by atomic mass is 32.1. The number of anilines is 2. The van der Waals surface area contributed by atoms with Crippen LogP contribution in [0.2, 0.25) is 0 Å². The maximum Gasteiger partial charge on any atom is 0.226 e. The molecule has 2 atom stereocenters. The number of amides is 1. The van der Waals surface area contributed by atoms with Gasteiger partial charge in [-0.1, -0.05) is 43.3 Å². The third-order valence-corrected chi connectivity index (χ3v) is 8.38. The molecular formula is C32H37N5OS. The molecule has 202 valence electrons. The van der Waals surface area contributed by atoms with Gasteiger partial charge < -0.3 is 20.4 Å². The Hall–Kier alpha value is -3.71. The smallest absolute Gasteiger partial charge is 0.226 e. The molecule has 2 aromatic carbocycles. The highest BCUT2D eigenvalue weighted by Crippen LogP contribution is 2.43. The summed E-state index contributed by atoms with van der Waals surface area (Å²) in [7, 11) is 2.14. The molecule has 2 aliphatic heterocycles. The quantitative estimate of drug-likeness (QED) is 0.345. The molecule has 0 saturated carbocycles. The van der Waals surface area contributed by atoms with E-state index in [0.29, 0.717) is 18.1 Å². The summed E-state index contributed by atoms with van der Waals surface area (Å²) in [6.07, 6.45) is 5.33. The zero-order chi connectivity index (χ0) is 27.7. The van der Waals surface area contributed by atoms with E-state index in [2.05, 4.69) is 84.4 Å². The number of nitrogens with one attached hydrogen (secondary N) is 2. The number of likely N-dealkylation sites (N-methyl/N-ethyl adjacent to an activating group) is 1. The largest absolute Gasteiger partial charge is 0.366 e. The number of hydrogen-bond acceptors (Lipinski definition) is 4. The highest BCUT2D eigenvalue weighted by Gasteiger charge is 2.40. The molecule has 1 amide bonds. The zero-order valence-electron chi connectivity index (χ0n) is 23.4. The molecule has 39 heavy (non-hydrogen) atoms. The van der Waals surface area contributed by atoms with Crippen LogP contribution in [0.3, 0.4) is 0 Å². The van der Waals surface area contributed by atoms with Gasteiger partial charge in [-0.15, -0.1) is 0 Å². The van der Waals surface area contributed by atoms with Gasteiger partial charge in [0, 0.05) is 43.1 Å². The summed E-state index contributed by atoms with van der Waals surface area (Å²) in [5.41, 5.74) is 7.72. The number of nitrogens with zero attached hydrogens (tertiary/aromatic N) is 3. The van der Waals surface area contributed by atoms with Gasteiger partial charge in [-0.05, 0) is 86.4 Å². The van der Waals surface area contributed by atoms with Gasteiger partial charge in [0.15, 0.2) is 5.11 Å². The summed E-state index contributed by atoms with van der Waals surface area (Å²) in [6.45, 7) is 9.24. The van der Waals surface area contributed by atoms with Crippen molar-refractivity contribution in [1.29, 1.82) is 0 Å². The third-order valence-electron chi connectivity index (χ3n) is 8.03. The lowest BCUT2D eigenvalue weighted by molar-refractivity contribution is -0.116. The molecule has 3 aromatic rings. The monoisotopic (exact) mass is 539 g/mol. The van der Waals surface area contributed by atoms with Crippen LogP contribution in [0.15, 0.2) is 72.9 Å². The summed E-state index contributed by atoms with van der Waals surface area (Å²) >= 11 is 5.84. The van der Waals surface area contributed by atoms with E-state index in [1.165, 1.54) is 16.8 Å². The number of para-hydroxylation sites is 1. The number of aryl methyl sites for hydroxylation is 1. The molecule has 1 fully saturated rings. The number of benzene rings is 2. The fourth-order valence-corrected chi connectivity index (χ4v) is 6.09. The van der Waals surface area contributed by atoms with E-state index < -0.39 is 0 Å². The third kappa shape index (κ3) is 5.28. The van der Waals surface area contributed by atoms with Crippen molar-refractivity contribution in [3.63, 3.8) is 0 Å². The van der Waals surface area contributed by atoms with E-state index in [4.69, 9.17) is 12.2 Å². The fourth-order valence-electron chi connectivity index (χ4n) is 5.76. The van der Waals surface area contributed by atoms with Crippen molar-refractivity contribution in [1.82, 2.24) is 15.2 Å².